The molecule has 2 aliphatic rings. The second-order valence-corrected chi connectivity index (χ2v) is 9.36. The van der Waals surface area contributed by atoms with E-state index in [0.717, 1.165) is 35.6 Å². The smallest absolute Gasteiger partial charge is 0.245 e. The Kier molecular flexibility index (Phi) is 5.00. The number of hydrogen-bond acceptors (Lipinski definition) is 4. The Bertz CT molecular complexity index is 935. The third-order valence-corrected chi connectivity index (χ3v) is 5.85. The zero-order valence-electron chi connectivity index (χ0n) is 17.8. The number of aryl methyl sites for hydroxylation is 1. The van der Waals surface area contributed by atoms with Crippen LogP contribution in [0.2, 0.25) is 0 Å². The molecule has 2 amide bonds. The van der Waals surface area contributed by atoms with Gasteiger partial charge in [-0.3, -0.25) is 14.0 Å². The van der Waals surface area contributed by atoms with Crippen LogP contribution in [0.5, 0.6) is 0 Å². The summed E-state index contributed by atoms with van der Waals surface area (Å²) in [4.78, 5) is 31.1. The molecule has 4 rings (SSSR count). The first-order valence-corrected chi connectivity index (χ1v) is 10.6. The van der Waals surface area contributed by atoms with Crippen molar-refractivity contribution in [3.05, 3.63) is 29.6 Å². The molecule has 0 radical (unpaired) electrons. The number of anilines is 1. The van der Waals surface area contributed by atoms with Gasteiger partial charge in [-0.1, -0.05) is 6.07 Å². The van der Waals surface area contributed by atoms with E-state index in [-0.39, 0.29) is 23.4 Å². The average Bonchev–Trinajstić information content (AvgIpc) is 3.25. The van der Waals surface area contributed by atoms with Crippen LogP contribution < -0.4 is 10.6 Å². The van der Waals surface area contributed by atoms with E-state index < -0.39 is 0 Å². The number of nitrogens with zero attached hydrogens (tertiary/aromatic N) is 3. The maximum atomic E-state index is 12.7. The highest BCUT2D eigenvalue weighted by Gasteiger charge is 2.34. The lowest BCUT2D eigenvalue weighted by Crippen LogP contribution is -2.47. The summed E-state index contributed by atoms with van der Waals surface area (Å²) in [6, 6.07) is 3.80. The minimum atomic E-state index is -0.338. The summed E-state index contributed by atoms with van der Waals surface area (Å²) in [5, 5.41) is 6.45. The van der Waals surface area contributed by atoms with E-state index in [9.17, 15) is 9.59 Å². The molecule has 0 bridgehead atoms. The molecule has 2 fully saturated rings. The Morgan fingerprint density at radius 1 is 1.24 bits per heavy atom. The zero-order valence-corrected chi connectivity index (χ0v) is 17.8. The monoisotopic (exact) mass is 397 g/mol. The van der Waals surface area contributed by atoms with Gasteiger partial charge in [-0.25, -0.2) is 4.98 Å². The summed E-state index contributed by atoms with van der Waals surface area (Å²) in [6.07, 6.45) is 4.90. The zero-order chi connectivity index (χ0) is 20.8. The van der Waals surface area contributed by atoms with E-state index in [1.807, 2.05) is 4.90 Å². The number of fused-ring (bicyclic) bond motifs is 1. The molecule has 0 spiro atoms. The normalized spacial score (nSPS) is 20.9. The van der Waals surface area contributed by atoms with Crippen molar-refractivity contribution in [1.82, 2.24) is 19.6 Å². The van der Waals surface area contributed by atoms with Gasteiger partial charge in [0.15, 0.2) is 0 Å². The van der Waals surface area contributed by atoms with E-state index >= 15 is 0 Å². The number of likely N-dealkylation sites (tertiary alicyclic amines) is 1. The van der Waals surface area contributed by atoms with Crippen LogP contribution in [0.25, 0.3) is 5.65 Å². The number of carbonyl (C=O) groups is 2. The quantitative estimate of drug-likeness (QED) is 0.835. The lowest BCUT2D eigenvalue weighted by atomic mass is 9.92. The number of amides is 2. The van der Waals surface area contributed by atoms with Gasteiger partial charge in [0, 0.05) is 37.2 Å². The van der Waals surface area contributed by atoms with Gasteiger partial charge in [0.05, 0.1) is 5.69 Å². The molecule has 7 nitrogen and oxygen atoms in total. The largest absolute Gasteiger partial charge is 0.365 e. The molecule has 2 aromatic heterocycles. The van der Waals surface area contributed by atoms with Crippen molar-refractivity contribution in [2.45, 2.75) is 70.9 Å². The number of carbonyl (C=O) groups excluding carboxylic acids is 2. The van der Waals surface area contributed by atoms with Crippen LogP contribution >= 0.6 is 0 Å². The Morgan fingerprint density at radius 2 is 1.97 bits per heavy atom. The summed E-state index contributed by atoms with van der Waals surface area (Å²) >= 11 is 0. The number of nitrogens with one attached hydrogen (secondary N) is 2. The predicted molar refractivity (Wildman–Crippen MR) is 113 cm³/mol. The maximum absolute atomic E-state index is 12.7. The summed E-state index contributed by atoms with van der Waals surface area (Å²) in [7, 11) is 0. The molecule has 0 aromatic carbocycles. The van der Waals surface area contributed by atoms with E-state index in [4.69, 9.17) is 4.98 Å². The maximum Gasteiger partial charge on any atom is 0.245 e. The Morgan fingerprint density at radius 3 is 2.59 bits per heavy atom. The lowest BCUT2D eigenvalue weighted by molar-refractivity contribution is -0.135. The number of imidazole rings is 1. The molecule has 2 saturated heterocycles. The fourth-order valence-corrected chi connectivity index (χ4v) is 4.38. The molecule has 7 heteroatoms. The minimum Gasteiger partial charge on any atom is -0.365 e. The summed E-state index contributed by atoms with van der Waals surface area (Å²) in [5.74, 6) is 1.41. The predicted octanol–water partition coefficient (Wildman–Crippen LogP) is 2.84. The average molecular weight is 398 g/mol. The summed E-state index contributed by atoms with van der Waals surface area (Å²) in [5.41, 5.74) is 3.16. The SMILES string of the molecule is Cc1cccn2c(NC(C)(C)C)c(C3CCN(C(=O)C4CCC(=O)N4)CC3)nc12. The van der Waals surface area contributed by atoms with Crippen LogP contribution in [0.4, 0.5) is 5.82 Å². The second kappa shape index (κ2) is 7.35. The van der Waals surface area contributed by atoms with Gasteiger partial charge >= 0.3 is 0 Å². The van der Waals surface area contributed by atoms with Crippen molar-refractivity contribution in [1.29, 1.82) is 0 Å². The molecular weight excluding hydrogens is 366 g/mol. The number of rotatable bonds is 3. The number of hydrogen-bond donors (Lipinski definition) is 2. The Balaban J connectivity index is 1.55. The van der Waals surface area contributed by atoms with Crippen molar-refractivity contribution < 1.29 is 9.59 Å². The minimum absolute atomic E-state index is 0.0174. The van der Waals surface area contributed by atoms with Crippen molar-refractivity contribution in [2.24, 2.45) is 0 Å². The molecule has 4 heterocycles. The van der Waals surface area contributed by atoms with Gasteiger partial charge in [-0.05, 0) is 58.6 Å². The van der Waals surface area contributed by atoms with Gasteiger partial charge in [0.1, 0.15) is 17.5 Å². The second-order valence-electron chi connectivity index (χ2n) is 9.36. The Labute approximate surface area is 171 Å². The third kappa shape index (κ3) is 3.95. The van der Waals surface area contributed by atoms with Crippen molar-refractivity contribution in [2.75, 3.05) is 18.4 Å². The first-order chi connectivity index (χ1) is 13.7. The van der Waals surface area contributed by atoms with Crippen molar-refractivity contribution >= 4 is 23.3 Å². The molecule has 29 heavy (non-hydrogen) atoms. The van der Waals surface area contributed by atoms with Crippen LogP contribution in [0.3, 0.4) is 0 Å². The first kappa shape index (κ1) is 19.7. The molecule has 2 aromatic rings. The molecule has 156 valence electrons. The van der Waals surface area contributed by atoms with E-state index in [1.165, 1.54) is 0 Å². The standard InChI is InChI=1S/C22H31N5O2/c1-14-6-5-11-27-19(14)24-18(20(27)25-22(2,3)4)15-9-12-26(13-10-15)21(29)16-7-8-17(28)23-16/h5-6,11,15-16,25H,7-10,12-13H2,1-4H3,(H,23,28). The fourth-order valence-electron chi connectivity index (χ4n) is 4.38. The van der Waals surface area contributed by atoms with Crippen LogP contribution in [0.1, 0.15) is 63.6 Å². The molecule has 2 aliphatic heterocycles. The van der Waals surface area contributed by atoms with Crippen molar-refractivity contribution in [3.63, 3.8) is 0 Å². The van der Waals surface area contributed by atoms with Crippen molar-refractivity contribution in [3.8, 4) is 0 Å². The van der Waals surface area contributed by atoms with E-state index in [2.05, 4.69) is 61.1 Å². The molecule has 0 aliphatic carbocycles. The number of pyridine rings is 1. The van der Waals surface area contributed by atoms with Crippen LogP contribution in [0.15, 0.2) is 18.3 Å². The van der Waals surface area contributed by atoms with Gasteiger partial charge in [0.2, 0.25) is 11.8 Å². The van der Waals surface area contributed by atoms with Gasteiger partial charge < -0.3 is 15.5 Å². The summed E-state index contributed by atoms with van der Waals surface area (Å²) in [6.45, 7) is 9.97. The lowest BCUT2D eigenvalue weighted by Gasteiger charge is -2.33. The highest BCUT2D eigenvalue weighted by molar-refractivity contribution is 5.90. The van der Waals surface area contributed by atoms with Crippen LogP contribution in [0, 0.1) is 6.92 Å². The molecule has 1 unspecified atom stereocenters. The number of aromatic nitrogens is 2. The topological polar surface area (TPSA) is 78.7 Å². The highest BCUT2D eigenvalue weighted by atomic mass is 16.2. The van der Waals surface area contributed by atoms with E-state index in [1.54, 1.807) is 0 Å². The summed E-state index contributed by atoms with van der Waals surface area (Å²) < 4.78 is 2.15. The van der Waals surface area contributed by atoms with Gasteiger partial charge in [0.25, 0.3) is 0 Å². The van der Waals surface area contributed by atoms with Gasteiger partial charge in [-0.15, -0.1) is 0 Å². The molecule has 2 N–H and O–H groups in total. The third-order valence-electron chi connectivity index (χ3n) is 5.85. The molecular formula is C22H31N5O2. The van der Waals surface area contributed by atoms with E-state index in [0.29, 0.717) is 31.8 Å². The highest BCUT2D eigenvalue weighted by Crippen LogP contribution is 2.35. The fraction of sp³-hybridized carbons (Fsp3) is 0.591. The van der Waals surface area contributed by atoms with Gasteiger partial charge in [-0.2, -0.15) is 0 Å². The Hall–Kier alpha value is -2.57. The first-order valence-electron chi connectivity index (χ1n) is 10.6. The molecule has 1 atom stereocenters. The number of piperidine rings is 1. The molecule has 0 saturated carbocycles. The van der Waals surface area contributed by atoms with Crippen LogP contribution in [-0.2, 0) is 9.59 Å². The van der Waals surface area contributed by atoms with Crippen LogP contribution in [-0.4, -0.2) is 50.8 Å².